The number of nitrogens with zero attached hydrogens (tertiary/aromatic N) is 1. The number of rotatable bonds is 6. The molecule has 2 aromatic rings. The van der Waals surface area contributed by atoms with Gasteiger partial charge in [-0.2, -0.15) is 0 Å². The number of nitrogens with one attached hydrogen (secondary N) is 1. The Labute approximate surface area is 142 Å². The van der Waals surface area contributed by atoms with Crippen LogP contribution in [0.5, 0.6) is 17.2 Å². The molecule has 0 aliphatic carbocycles. The number of nitrogens with two attached hydrogens (primary N) is 1. The predicted molar refractivity (Wildman–Crippen MR) is 96.2 cm³/mol. The lowest BCUT2D eigenvalue weighted by Crippen LogP contribution is -2.22. The SMILES string of the molecule is COc1cc(CN=C(N)Nc2cccc(C)c2)cc(OC)c1OC. The summed E-state index contributed by atoms with van der Waals surface area (Å²) < 4.78 is 16.0. The summed E-state index contributed by atoms with van der Waals surface area (Å²) in [6.07, 6.45) is 0. The number of hydrogen-bond acceptors (Lipinski definition) is 4. The zero-order valence-corrected chi connectivity index (χ0v) is 14.4. The van der Waals surface area contributed by atoms with Gasteiger partial charge < -0.3 is 25.3 Å². The van der Waals surface area contributed by atoms with Crippen molar-refractivity contribution in [3.05, 3.63) is 47.5 Å². The molecule has 0 saturated heterocycles. The van der Waals surface area contributed by atoms with Crippen molar-refractivity contribution in [3.8, 4) is 17.2 Å². The van der Waals surface area contributed by atoms with Gasteiger partial charge in [0.1, 0.15) is 0 Å². The summed E-state index contributed by atoms with van der Waals surface area (Å²) in [5.41, 5.74) is 8.91. The van der Waals surface area contributed by atoms with Crippen LogP contribution in [-0.4, -0.2) is 27.3 Å². The Balaban J connectivity index is 2.15. The molecule has 0 saturated carbocycles. The summed E-state index contributed by atoms with van der Waals surface area (Å²) in [6, 6.07) is 11.6. The predicted octanol–water partition coefficient (Wildman–Crippen LogP) is 2.95. The summed E-state index contributed by atoms with van der Waals surface area (Å²) in [4.78, 5) is 4.36. The summed E-state index contributed by atoms with van der Waals surface area (Å²) in [7, 11) is 4.73. The van der Waals surface area contributed by atoms with E-state index >= 15 is 0 Å². The van der Waals surface area contributed by atoms with Gasteiger partial charge in [-0.15, -0.1) is 0 Å². The second-order valence-electron chi connectivity index (χ2n) is 5.23. The number of aryl methyl sites for hydroxylation is 1. The van der Waals surface area contributed by atoms with Crippen molar-refractivity contribution in [3.63, 3.8) is 0 Å². The molecule has 0 unspecified atom stereocenters. The molecule has 2 aromatic carbocycles. The molecule has 6 heteroatoms. The van der Waals surface area contributed by atoms with Gasteiger partial charge in [0.15, 0.2) is 17.5 Å². The second kappa shape index (κ2) is 8.10. The van der Waals surface area contributed by atoms with Crippen molar-refractivity contribution in [1.29, 1.82) is 0 Å². The van der Waals surface area contributed by atoms with Crippen LogP contribution < -0.4 is 25.3 Å². The smallest absolute Gasteiger partial charge is 0.203 e. The van der Waals surface area contributed by atoms with E-state index in [1.165, 1.54) is 0 Å². The molecule has 128 valence electrons. The summed E-state index contributed by atoms with van der Waals surface area (Å²) >= 11 is 0. The maximum absolute atomic E-state index is 5.95. The number of hydrogen-bond donors (Lipinski definition) is 2. The second-order valence-corrected chi connectivity index (χ2v) is 5.23. The standard InChI is InChI=1S/C18H23N3O3/c1-12-6-5-7-14(8-12)21-18(19)20-11-13-9-15(22-2)17(24-4)16(10-13)23-3/h5-10H,11H2,1-4H3,(H3,19,20,21). The van der Waals surface area contributed by atoms with E-state index in [2.05, 4.69) is 10.3 Å². The van der Waals surface area contributed by atoms with Crippen LogP contribution in [0.4, 0.5) is 5.69 Å². The van der Waals surface area contributed by atoms with Crippen molar-refractivity contribution >= 4 is 11.6 Å². The zero-order chi connectivity index (χ0) is 17.5. The lowest BCUT2D eigenvalue weighted by Gasteiger charge is -2.13. The van der Waals surface area contributed by atoms with Crippen LogP contribution in [0.1, 0.15) is 11.1 Å². The van der Waals surface area contributed by atoms with E-state index in [1.54, 1.807) is 21.3 Å². The molecule has 0 spiro atoms. The minimum absolute atomic E-state index is 0.342. The van der Waals surface area contributed by atoms with Gasteiger partial charge in [-0.25, -0.2) is 4.99 Å². The quantitative estimate of drug-likeness (QED) is 0.629. The Morgan fingerprint density at radius 2 is 1.71 bits per heavy atom. The Hall–Kier alpha value is -2.89. The van der Waals surface area contributed by atoms with Gasteiger partial charge >= 0.3 is 0 Å². The molecular weight excluding hydrogens is 306 g/mol. The molecule has 0 amide bonds. The van der Waals surface area contributed by atoms with Gasteiger partial charge in [-0.1, -0.05) is 12.1 Å². The Morgan fingerprint density at radius 1 is 1.04 bits per heavy atom. The fourth-order valence-electron chi connectivity index (χ4n) is 2.31. The largest absolute Gasteiger partial charge is 0.493 e. The van der Waals surface area contributed by atoms with Gasteiger partial charge in [-0.05, 0) is 42.3 Å². The number of benzene rings is 2. The van der Waals surface area contributed by atoms with Gasteiger partial charge in [-0.3, -0.25) is 0 Å². The Bertz CT molecular complexity index is 704. The first kappa shape index (κ1) is 17.5. The van der Waals surface area contributed by atoms with E-state index in [4.69, 9.17) is 19.9 Å². The first-order valence-corrected chi connectivity index (χ1v) is 7.50. The van der Waals surface area contributed by atoms with Crippen LogP contribution in [-0.2, 0) is 6.54 Å². The van der Waals surface area contributed by atoms with Crippen molar-refractivity contribution in [2.24, 2.45) is 10.7 Å². The molecule has 0 heterocycles. The van der Waals surface area contributed by atoms with Crippen LogP contribution >= 0.6 is 0 Å². The van der Waals surface area contributed by atoms with Crippen LogP contribution in [0, 0.1) is 6.92 Å². The normalized spacial score (nSPS) is 11.1. The maximum atomic E-state index is 5.95. The molecule has 0 aromatic heterocycles. The van der Waals surface area contributed by atoms with Gasteiger partial charge in [0, 0.05) is 5.69 Å². The monoisotopic (exact) mass is 329 g/mol. The number of ether oxygens (including phenoxy) is 3. The number of aliphatic imine (C=N–C) groups is 1. The fourth-order valence-corrected chi connectivity index (χ4v) is 2.31. The Morgan fingerprint density at radius 3 is 2.25 bits per heavy atom. The summed E-state index contributed by atoms with van der Waals surface area (Å²) in [6.45, 7) is 2.41. The third-order valence-corrected chi connectivity index (χ3v) is 3.45. The number of anilines is 1. The first-order chi connectivity index (χ1) is 11.6. The highest BCUT2D eigenvalue weighted by Gasteiger charge is 2.12. The molecule has 2 rings (SSSR count). The first-order valence-electron chi connectivity index (χ1n) is 7.50. The van der Waals surface area contributed by atoms with E-state index in [1.807, 2.05) is 43.3 Å². The molecule has 0 atom stereocenters. The summed E-state index contributed by atoms with van der Waals surface area (Å²) in [5, 5.41) is 3.07. The number of methoxy groups -OCH3 is 3. The van der Waals surface area contributed by atoms with Gasteiger partial charge in [0.2, 0.25) is 5.75 Å². The highest BCUT2D eigenvalue weighted by atomic mass is 16.5. The van der Waals surface area contributed by atoms with E-state index in [0.29, 0.717) is 29.8 Å². The average molecular weight is 329 g/mol. The van der Waals surface area contributed by atoms with Gasteiger partial charge in [0.05, 0.1) is 27.9 Å². The highest BCUT2D eigenvalue weighted by Crippen LogP contribution is 2.38. The van der Waals surface area contributed by atoms with E-state index in [-0.39, 0.29) is 0 Å². The molecule has 0 radical (unpaired) electrons. The molecule has 0 bridgehead atoms. The van der Waals surface area contributed by atoms with Crippen molar-refractivity contribution in [2.45, 2.75) is 13.5 Å². The molecule has 6 nitrogen and oxygen atoms in total. The van der Waals surface area contributed by atoms with Gasteiger partial charge in [0.25, 0.3) is 0 Å². The zero-order valence-electron chi connectivity index (χ0n) is 14.4. The highest BCUT2D eigenvalue weighted by molar-refractivity contribution is 5.92. The minimum Gasteiger partial charge on any atom is -0.493 e. The fraction of sp³-hybridized carbons (Fsp3) is 0.278. The molecule has 24 heavy (non-hydrogen) atoms. The third kappa shape index (κ3) is 4.32. The van der Waals surface area contributed by atoms with Crippen LogP contribution in [0.25, 0.3) is 0 Å². The molecule has 0 aliphatic heterocycles. The van der Waals surface area contributed by atoms with Crippen molar-refractivity contribution in [2.75, 3.05) is 26.6 Å². The van der Waals surface area contributed by atoms with E-state index < -0.39 is 0 Å². The molecule has 3 N–H and O–H groups in total. The third-order valence-electron chi connectivity index (χ3n) is 3.45. The number of guanidine groups is 1. The lowest BCUT2D eigenvalue weighted by molar-refractivity contribution is 0.324. The molecule has 0 aliphatic rings. The summed E-state index contributed by atoms with van der Waals surface area (Å²) in [5.74, 6) is 2.08. The minimum atomic E-state index is 0.342. The van der Waals surface area contributed by atoms with Crippen molar-refractivity contribution in [1.82, 2.24) is 0 Å². The maximum Gasteiger partial charge on any atom is 0.203 e. The lowest BCUT2D eigenvalue weighted by atomic mass is 10.2. The van der Waals surface area contributed by atoms with Crippen LogP contribution in [0.2, 0.25) is 0 Å². The average Bonchev–Trinajstić information content (AvgIpc) is 2.58. The van der Waals surface area contributed by atoms with E-state index in [9.17, 15) is 0 Å². The van der Waals surface area contributed by atoms with Crippen LogP contribution in [0.15, 0.2) is 41.4 Å². The molecular formula is C18H23N3O3. The van der Waals surface area contributed by atoms with Crippen molar-refractivity contribution < 1.29 is 14.2 Å². The van der Waals surface area contributed by atoms with E-state index in [0.717, 1.165) is 16.8 Å². The Kier molecular flexibility index (Phi) is 5.89. The topological polar surface area (TPSA) is 78.1 Å². The molecule has 0 fully saturated rings. The van der Waals surface area contributed by atoms with Crippen LogP contribution in [0.3, 0.4) is 0 Å².